The summed E-state index contributed by atoms with van der Waals surface area (Å²) in [6.07, 6.45) is -0.126. The molecule has 0 saturated carbocycles. The van der Waals surface area contributed by atoms with Crippen molar-refractivity contribution in [2.45, 2.75) is 25.9 Å². The van der Waals surface area contributed by atoms with E-state index in [9.17, 15) is 19.1 Å². The highest BCUT2D eigenvalue weighted by molar-refractivity contribution is 5.89. The van der Waals surface area contributed by atoms with Gasteiger partial charge in [0.05, 0.1) is 13.2 Å². The Balaban J connectivity index is 1.32. The molecule has 2 N–H and O–H groups in total. The number of aliphatic carboxylic acids is 1. The van der Waals surface area contributed by atoms with Crippen LogP contribution in [0.15, 0.2) is 103 Å². The van der Waals surface area contributed by atoms with E-state index in [4.69, 9.17) is 18.9 Å². The summed E-state index contributed by atoms with van der Waals surface area (Å²) in [7, 11) is 0. The molecule has 0 heterocycles. The van der Waals surface area contributed by atoms with Crippen molar-refractivity contribution in [2.75, 3.05) is 38.2 Å². The van der Waals surface area contributed by atoms with Crippen molar-refractivity contribution in [1.82, 2.24) is 4.90 Å². The number of urea groups is 1. The summed E-state index contributed by atoms with van der Waals surface area (Å²) in [5.41, 5.74) is 1.42. The van der Waals surface area contributed by atoms with Crippen molar-refractivity contribution >= 4 is 17.7 Å². The largest absolute Gasteiger partial charge is 0.494 e. The van der Waals surface area contributed by atoms with Gasteiger partial charge in [-0.25, -0.2) is 14.0 Å². The summed E-state index contributed by atoms with van der Waals surface area (Å²) < 4.78 is 35.9. The van der Waals surface area contributed by atoms with Crippen LogP contribution in [0.5, 0.6) is 23.0 Å². The van der Waals surface area contributed by atoms with Gasteiger partial charge in [0.15, 0.2) is 6.10 Å². The summed E-state index contributed by atoms with van der Waals surface area (Å²) in [5.74, 6) is 1.16. The van der Waals surface area contributed by atoms with E-state index in [0.717, 1.165) is 5.56 Å². The van der Waals surface area contributed by atoms with Crippen LogP contribution in [0.3, 0.4) is 0 Å². The van der Waals surface area contributed by atoms with Crippen molar-refractivity contribution in [1.29, 1.82) is 0 Å². The molecule has 2 amide bonds. The monoisotopic (exact) mass is 616 g/mol. The number of nitrogens with one attached hydrogen (secondary N) is 1. The number of carbonyl (C=O) groups is 2. The number of carboxylic acids is 1. The van der Waals surface area contributed by atoms with Crippen molar-refractivity contribution in [3.8, 4) is 23.0 Å². The third kappa shape index (κ3) is 11.2. The van der Waals surface area contributed by atoms with Gasteiger partial charge in [-0.05, 0) is 91.7 Å². The Morgan fingerprint density at radius 1 is 0.778 bits per heavy atom. The molecule has 0 radical (unpaired) electrons. The van der Waals surface area contributed by atoms with Crippen LogP contribution >= 0.6 is 0 Å². The second-order valence-electron chi connectivity index (χ2n) is 9.99. The molecule has 0 aliphatic carbocycles. The first-order chi connectivity index (χ1) is 21.9. The van der Waals surface area contributed by atoms with Gasteiger partial charge in [-0.2, -0.15) is 0 Å². The predicted molar refractivity (Wildman–Crippen MR) is 169 cm³/mol. The van der Waals surface area contributed by atoms with E-state index in [2.05, 4.69) is 5.32 Å². The second-order valence-corrected chi connectivity index (χ2v) is 9.99. The Morgan fingerprint density at radius 3 is 2.02 bits per heavy atom. The molecule has 10 heteroatoms. The van der Waals surface area contributed by atoms with Crippen LogP contribution in [0.4, 0.5) is 14.9 Å². The zero-order chi connectivity index (χ0) is 31.9. The highest BCUT2D eigenvalue weighted by Crippen LogP contribution is 2.23. The topological polar surface area (TPSA) is 107 Å². The van der Waals surface area contributed by atoms with Crippen molar-refractivity contribution < 1.29 is 38.0 Å². The molecule has 0 aromatic heterocycles. The van der Waals surface area contributed by atoms with Gasteiger partial charge < -0.3 is 34.3 Å². The van der Waals surface area contributed by atoms with Crippen LogP contribution in [-0.2, 0) is 16.0 Å². The molecule has 4 aromatic rings. The zero-order valence-electron chi connectivity index (χ0n) is 25.1. The number of hydrogen-bond acceptors (Lipinski definition) is 6. The third-order valence-corrected chi connectivity index (χ3v) is 6.64. The molecule has 9 nitrogen and oxygen atoms in total. The summed E-state index contributed by atoms with van der Waals surface area (Å²) >= 11 is 0. The van der Waals surface area contributed by atoms with E-state index in [1.54, 1.807) is 72.5 Å². The number of benzene rings is 4. The van der Waals surface area contributed by atoms with Crippen LogP contribution in [0.1, 0.15) is 18.9 Å². The Hall–Kier alpha value is -5.09. The second kappa shape index (κ2) is 17.3. The molecule has 0 spiro atoms. The number of nitrogens with zero attached hydrogens (tertiary/aromatic N) is 1. The van der Waals surface area contributed by atoms with Crippen LogP contribution < -0.4 is 19.5 Å². The van der Waals surface area contributed by atoms with Crippen molar-refractivity contribution in [2.24, 2.45) is 0 Å². The lowest BCUT2D eigenvalue weighted by atomic mass is 10.1. The van der Waals surface area contributed by atoms with Gasteiger partial charge in [-0.1, -0.05) is 30.3 Å². The maximum atomic E-state index is 13.3. The number of anilines is 1. The maximum absolute atomic E-state index is 13.3. The van der Waals surface area contributed by atoms with E-state index in [1.165, 1.54) is 12.1 Å². The maximum Gasteiger partial charge on any atom is 0.333 e. The molecular weight excluding hydrogens is 579 g/mol. The minimum atomic E-state index is -1.00. The Morgan fingerprint density at radius 2 is 1.38 bits per heavy atom. The number of carbonyl (C=O) groups excluding carboxylic acids is 1. The fourth-order valence-corrected chi connectivity index (χ4v) is 4.35. The fourth-order valence-electron chi connectivity index (χ4n) is 4.35. The van der Waals surface area contributed by atoms with Gasteiger partial charge in [-0.15, -0.1) is 0 Å². The Labute approximate surface area is 262 Å². The van der Waals surface area contributed by atoms with Gasteiger partial charge in [0, 0.05) is 25.3 Å². The first-order valence-electron chi connectivity index (χ1n) is 14.7. The molecular formula is C35H37FN2O7. The molecule has 4 aromatic carbocycles. The van der Waals surface area contributed by atoms with Crippen LogP contribution in [0.2, 0.25) is 0 Å². The number of ether oxygens (including phenoxy) is 4. The van der Waals surface area contributed by atoms with Crippen molar-refractivity contribution in [3.05, 3.63) is 115 Å². The lowest BCUT2D eigenvalue weighted by molar-refractivity contribution is -0.149. The smallest absolute Gasteiger partial charge is 0.333 e. The summed E-state index contributed by atoms with van der Waals surface area (Å²) in [6.45, 7) is 3.32. The molecule has 236 valence electrons. The molecule has 1 unspecified atom stereocenters. The molecule has 0 aliphatic heterocycles. The highest BCUT2D eigenvalue weighted by atomic mass is 19.1. The molecule has 45 heavy (non-hydrogen) atoms. The van der Waals surface area contributed by atoms with Gasteiger partial charge in [-0.3, -0.25) is 0 Å². The van der Waals surface area contributed by atoms with Crippen LogP contribution in [0, 0.1) is 5.82 Å². The fraction of sp³-hybridized carbons (Fsp3) is 0.257. The lowest BCUT2D eigenvalue weighted by Gasteiger charge is -2.23. The minimum absolute atomic E-state index is 0.228. The van der Waals surface area contributed by atoms with Gasteiger partial charge in [0.2, 0.25) is 0 Å². The molecule has 0 saturated heterocycles. The normalized spacial score (nSPS) is 11.3. The third-order valence-electron chi connectivity index (χ3n) is 6.64. The average molecular weight is 617 g/mol. The quantitative estimate of drug-likeness (QED) is 0.123. The van der Waals surface area contributed by atoms with E-state index >= 15 is 0 Å². The number of para-hydroxylation sites is 1. The lowest BCUT2D eigenvalue weighted by Crippen LogP contribution is -2.39. The van der Waals surface area contributed by atoms with E-state index in [0.29, 0.717) is 61.4 Å². The average Bonchev–Trinajstić information content (AvgIpc) is 3.05. The molecule has 1 atom stereocenters. The van der Waals surface area contributed by atoms with Gasteiger partial charge >= 0.3 is 12.0 Å². The zero-order valence-corrected chi connectivity index (χ0v) is 25.1. The SMILES string of the molecule is CCOC(Cc1ccc(OCCN(CCCOc2ccc(F)cc2)C(=O)Nc2ccc(Oc3ccccc3)cc2)cc1)C(=O)O. The number of amides is 2. The molecule has 0 aliphatic rings. The summed E-state index contributed by atoms with van der Waals surface area (Å²) in [4.78, 5) is 26.3. The van der Waals surface area contributed by atoms with Crippen LogP contribution in [-0.4, -0.2) is 61.0 Å². The van der Waals surface area contributed by atoms with Crippen molar-refractivity contribution in [3.63, 3.8) is 0 Å². The molecule has 0 fully saturated rings. The summed E-state index contributed by atoms with van der Waals surface area (Å²) in [6, 6.07) is 29.1. The Kier molecular flexibility index (Phi) is 12.6. The van der Waals surface area contributed by atoms with Gasteiger partial charge in [0.1, 0.15) is 35.4 Å². The highest BCUT2D eigenvalue weighted by Gasteiger charge is 2.18. The predicted octanol–water partition coefficient (Wildman–Crippen LogP) is 7.03. The van der Waals surface area contributed by atoms with E-state index in [1.807, 2.05) is 30.3 Å². The summed E-state index contributed by atoms with van der Waals surface area (Å²) in [5, 5.41) is 12.2. The minimum Gasteiger partial charge on any atom is -0.494 e. The Bertz CT molecular complexity index is 1470. The number of halogens is 1. The van der Waals surface area contributed by atoms with E-state index < -0.39 is 12.1 Å². The van der Waals surface area contributed by atoms with Crippen LogP contribution in [0.25, 0.3) is 0 Å². The van der Waals surface area contributed by atoms with E-state index in [-0.39, 0.29) is 24.9 Å². The molecule has 4 rings (SSSR count). The number of rotatable bonds is 17. The van der Waals surface area contributed by atoms with Gasteiger partial charge in [0.25, 0.3) is 0 Å². The first kappa shape index (κ1) is 32.8. The number of hydrogen-bond donors (Lipinski definition) is 2. The molecule has 0 bridgehead atoms. The standard InChI is InChI=1S/C35H37FN2O7/c1-2-42-33(34(39)40)25-26-9-15-29(16-10-26)44-24-22-38(21-6-23-43-30-17-11-27(36)12-18-30)35(41)37-28-13-19-32(20-14-28)45-31-7-4-3-5-8-31/h3-5,7-20,33H,2,6,21-25H2,1H3,(H,37,41)(H,39,40). The number of carboxylic acid groups (broad SMARTS) is 1. The first-order valence-corrected chi connectivity index (χ1v) is 14.7.